The molecular weight excluding hydrogens is 216 g/mol. The third-order valence-electron chi connectivity index (χ3n) is 3.05. The van der Waals surface area contributed by atoms with E-state index in [1.54, 1.807) is 6.92 Å². The molecule has 2 aromatic heterocycles. The number of rotatable bonds is 4. The lowest BCUT2D eigenvalue weighted by Gasteiger charge is -2.03. The zero-order chi connectivity index (χ0) is 12.4. The minimum absolute atomic E-state index is 0.605. The first-order valence-electron chi connectivity index (χ1n) is 5.69. The molecule has 0 atom stereocenters. The number of hydrogen-bond acceptors (Lipinski definition) is 4. The summed E-state index contributed by atoms with van der Waals surface area (Å²) in [6.45, 7) is 7.48. The molecule has 0 bridgehead atoms. The van der Waals surface area contributed by atoms with Crippen molar-refractivity contribution in [3.05, 3.63) is 34.7 Å². The van der Waals surface area contributed by atoms with Gasteiger partial charge in [0.05, 0.1) is 6.54 Å². The Labute approximate surface area is 101 Å². The van der Waals surface area contributed by atoms with E-state index in [0.29, 0.717) is 18.3 Å². The molecule has 0 saturated heterocycles. The third kappa shape index (κ3) is 2.55. The lowest BCUT2D eigenvalue weighted by atomic mass is 10.2. The summed E-state index contributed by atoms with van der Waals surface area (Å²) in [5, 5.41) is 7.15. The molecule has 17 heavy (non-hydrogen) atoms. The molecule has 0 aliphatic rings. The molecule has 2 aromatic rings. The lowest BCUT2D eigenvalue weighted by molar-refractivity contribution is 0.385. The van der Waals surface area contributed by atoms with Crippen LogP contribution in [0.3, 0.4) is 0 Å². The molecule has 0 aromatic carbocycles. The highest BCUT2D eigenvalue weighted by Gasteiger charge is 2.06. The highest BCUT2D eigenvalue weighted by Crippen LogP contribution is 2.12. The van der Waals surface area contributed by atoms with Gasteiger partial charge in [-0.2, -0.15) is 4.98 Å². The standard InChI is InChI=1S/C12H18N4O/c1-8-5-11(9(2)16(8)4)6-13-7-12-14-10(3)17-15-12/h5,13H,6-7H2,1-4H3. The van der Waals surface area contributed by atoms with Gasteiger partial charge in [-0.1, -0.05) is 5.16 Å². The van der Waals surface area contributed by atoms with Crippen molar-refractivity contribution in [2.75, 3.05) is 0 Å². The molecule has 0 aliphatic carbocycles. The van der Waals surface area contributed by atoms with E-state index in [9.17, 15) is 0 Å². The van der Waals surface area contributed by atoms with E-state index < -0.39 is 0 Å². The maximum atomic E-state index is 4.91. The smallest absolute Gasteiger partial charge is 0.223 e. The Morgan fingerprint density at radius 3 is 2.59 bits per heavy atom. The monoisotopic (exact) mass is 234 g/mol. The van der Waals surface area contributed by atoms with Crippen molar-refractivity contribution >= 4 is 0 Å². The molecular formula is C12H18N4O. The molecule has 5 heteroatoms. The Balaban J connectivity index is 1.92. The predicted octanol–water partition coefficient (Wildman–Crippen LogP) is 1.62. The van der Waals surface area contributed by atoms with Crippen LogP contribution in [0.2, 0.25) is 0 Å². The van der Waals surface area contributed by atoms with Crippen LogP contribution < -0.4 is 5.32 Å². The molecule has 0 unspecified atom stereocenters. The van der Waals surface area contributed by atoms with Crippen LogP contribution in [0.1, 0.15) is 28.7 Å². The van der Waals surface area contributed by atoms with Gasteiger partial charge in [-0.25, -0.2) is 0 Å². The van der Waals surface area contributed by atoms with Gasteiger partial charge in [0.1, 0.15) is 0 Å². The third-order valence-corrected chi connectivity index (χ3v) is 3.05. The summed E-state index contributed by atoms with van der Waals surface area (Å²) in [7, 11) is 2.08. The van der Waals surface area contributed by atoms with E-state index in [4.69, 9.17) is 4.52 Å². The van der Waals surface area contributed by atoms with Gasteiger partial charge < -0.3 is 14.4 Å². The molecule has 0 amide bonds. The van der Waals surface area contributed by atoms with Crippen molar-refractivity contribution in [2.45, 2.75) is 33.9 Å². The maximum Gasteiger partial charge on any atom is 0.223 e. The van der Waals surface area contributed by atoms with Gasteiger partial charge in [-0.05, 0) is 25.5 Å². The van der Waals surface area contributed by atoms with Crippen LogP contribution in [0.4, 0.5) is 0 Å². The van der Waals surface area contributed by atoms with Crippen LogP contribution in [0.25, 0.3) is 0 Å². The normalized spacial score (nSPS) is 11.1. The average molecular weight is 234 g/mol. The van der Waals surface area contributed by atoms with E-state index in [-0.39, 0.29) is 0 Å². The molecule has 2 rings (SSSR count). The lowest BCUT2D eigenvalue weighted by Crippen LogP contribution is -2.14. The Kier molecular flexibility index (Phi) is 3.28. The summed E-state index contributed by atoms with van der Waals surface area (Å²) in [6.07, 6.45) is 0. The van der Waals surface area contributed by atoms with E-state index in [0.717, 1.165) is 6.54 Å². The van der Waals surface area contributed by atoms with E-state index in [2.05, 4.69) is 47.0 Å². The Hall–Kier alpha value is -1.62. The zero-order valence-electron chi connectivity index (χ0n) is 10.7. The Morgan fingerprint density at radius 2 is 2.06 bits per heavy atom. The van der Waals surface area contributed by atoms with Crippen molar-refractivity contribution in [3.63, 3.8) is 0 Å². The van der Waals surface area contributed by atoms with Crippen LogP contribution in [0.5, 0.6) is 0 Å². The fourth-order valence-electron chi connectivity index (χ4n) is 1.83. The summed E-state index contributed by atoms with van der Waals surface area (Å²) in [6, 6.07) is 2.20. The highest BCUT2D eigenvalue weighted by molar-refractivity contribution is 5.26. The molecule has 1 N–H and O–H groups in total. The van der Waals surface area contributed by atoms with Gasteiger partial charge in [-0.3, -0.25) is 0 Å². The summed E-state index contributed by atoms with van der Waals surface area (Å²) >= 11 is 0. The van der Waals surface area contributed by atoms with Crippen LogP contribution in [-0.4, -0.2) is 14.7 Å². The van der Waals surface area contributed by atoms with Gasteiger partial charge >= 0.3 is 0 Å². The summed E-state index contributed by atoms with van der Waals surface area (Å²) in [5.74, 6) is 1.31. The second kappa shape index (κ2) is 4.71. The number of aryl methyl sites for hydroxylation is 2. The minimum Gasteiger partial charge on any atom is -0.352 e. The zero-order valence-corrected chi connectivity index (χ0v) is 10.7. The fourth-order valence-corrected chi connectivity index (χ4v) is 1.83. The minimum atomic E-state index is 0.605. The molecule has 5 nitrogen and oxygen atoms in total. The summed E-state index contributed by atoms with van der Waals surface area (Å²) in [4.78, 5) is 4.14. The number of nitrogens with one attached hydrogen (secondary N) is 1. The molecule has 0 spiro atoms. The van der Waals surface area contributed by atoms with E-state index in [1.165, 1.54) is 17.0 Å². The molecule has 0 radical (unpaired) electrons. The van der Waals surface area contributed by atoms with Gasteiger partial charge in [0.25, 0.3) is 0 Å². The molecule has 0 saturated carbocycles. The van der Waals surface area contributed by atoms with Crippen molar-refractivity contribution in [1.82, 2.24) is 20.0 Å². The molecule has 92 valence electrons. The maximum absolute atomic E-state index is 4.91. The SMILES string of the molecule is Cc1nc(CNCc2cc(C)n(C)c2C)no1. The Bertz CT molecular complexity index is 513. The summed E-state index contributed by atoms with van der Waals surface area (Å²) < 4.78 is 7.10. The second-order valence-corrected chi connectivity index (χ2v) is 4.29. The Morgan fingerprint density at radius 1 is 1.29 bits per heavy atom. The quantitative estimate of drug-likeness (QED) is 0.873. The predicted molar refractivity (Wildman–Crippen MR) is 64.5 cm³/mol. The van der Waals surface area contributed by atoms with Gasteiger partial charge in [-0.15, -0.1) is 0 Å². The topological polar surface area (TPSA) is 55.9 Å². The largest absolute Gasteiger partial charge is 0.352 e. The fraction of sp³-hybridized carbons (Fsp3) is 0.500. The first-order valence-corrected chi connectivity index (χ1v) is 5.69. The van der Waals surface area contributed by atoms with Gasteiger partial charge in [0.2, 0.25) is 5.89 Å². The number of aromatic nitrogens is 3. The van der Waals surface area contributed by atoms with Crippen molar-refractivity contribution < 1.29 is 4.52 Å². The van der Waals surface area contributed by atoms with Crippen molar-refractivity contribution in [3.8, 4) is 0 Å². The first-order chi connectivity index (χ1) is 8.08. The van der Waals surface area contributed by atoms with Crippen molar-refractivity contribution in [1.29, 1.82) is 0 Å². The van der Waals surface area contributed by atoms with Crippen LogP contribution in [-0.2, 0) is 20.1 Å². The molecule has 0 aliphatic heterocycles. The van der Waals surface area contributed by atoms with Gasteiger partial charge in [0, 0.05) is 31.9 Å². The number of hydrogen-bond donors (Lipinski definition) is 1. The first kappa shape index (κ1) is 11.9. The van der Waals surface area contributed by atoms with Crippen LogP contribution in [0.15, 0.2) is 10.6 Å². The molecule has 2 heterocycles. The van der Waals surface area contributed by atoms with Crippen molar-refractivity contribution in [2.24, 2.45) is 7.05 Å². The van der Waals surface area contributed by atoms with Gasteiger partial charge in [0.15, 0.2) is 5.82 Å². The van der Waals surface area contributed by atoms with E-state index >= 15 is 0 Å². The average Bonchev–Trinajstić information content (AvgIpc) is 2.80. The molecule has 0 fully saturated rings. The number of nitrogens with zero attached hydrogens (tertiary/aromatic N) is 3. The summed E-state index contributed by atoms with van der Waals surface area (Å²) in [5.41, 5.74) is 3.87. The van der Waals surface area contributed by atoms with Crippen LogP contribution >= 0.6 is 0 Å². The second-order valence-electron chi connectivity index (χ2n) is 4.29. The highest BCUT2D eigenvalue weighted by atomic mass is 16.5. The van der Waals surface area contributed by atoms with E-state index in [1.807, 2.05) is 0 Å². The van der Waals surface area contributed by atoms with Crippen LogP contribution in [0, 0.1) is 20.8 Å².